The van der Waals surface area contributed by atoms with E-state index in [-0.39, 0.29) is 11.9 Å². The summed E-state index contributed by atoms with van der Waals surface area (Å²) in [6.07, 6.45) is 7.09. The van der Waals surface area contributed by atoms with Crippen LogP contribution in [0, 0.1) is 5.92 Å². The molecule has 0 saturated heterocycles. The Labute approximate surface area is 123 Å². The topological polar surface area (TPSA) is 80.0 Å². The third-order valence-electron chi connectivity index (χ3n) is 4.47. The van der Waals surface area contributed by atoms with Crippen molar-refractivity contribution in [3.05, 3.63) is 4.88 Å². The van der Waals surface area contributed by atoms with Crippen LogP contribution in [0.25, 0.3) is 0 Å². The monoisotopic (exact) mass is 294 g/mol. The lowest BCUT2D eigenvalue weighted by Gasteiger charge is -2.25. The number of carbonyl (C=O) groups is 1. The van der Waals surface area contributed by atoms with Gasteiger partial charge in [-0.3, -0.25) is 4.79 Å². The molecule has 1 aromatic rings. The van der Waals surface area contributed by atoms with Gasteiger partial charge in [0.1, 0.15) is 10.7 Å². The molecule has 1 amide bonds. The fourth-order valence-corrected chi connectivity index (χ4v) is 3.74. The molecule has 5 nitrogen and oxygen atoms in total. The van der Waals surface area contributed by atoms with Crippen LogP contribution in [0.2, 0.25) is 0 Å². The van der Waals surface area contributed by atoms with Gasteiger partial charge >= 0.3 is 0 Å². The third kappa shape index (κ3) is 2.75. The maximum atomic E-state index is 12.3. The quantitative estimate of drug-likeness (QED) is 0.797. The molecule has 1 heterocycles. The second-order valence-corrected chi connectivity index (χ2v) is 6.99. The molecule has 2 fully saturated rings. The summed E-state index contributed by atoms with van der Waals surface area (Å²) in [4.78, 5) is 17.1. The van der Waals surface area contributed by atoms with Crippen LogP contribution in [0.5, 0.6) is 0 Å². The van der Waals surface area contributed by atoms with E-state index in [4.69, 9.17) is 5.73 Å². The molecule has 2 atom stereocenters. The van der Waals surface area contributed by atoms with Crippen LogP contribution in [-0.4, -0.2) is 23.0 Å². The fraction of sp³-hybridized carbons (Fsp3) is 0.714. The Morgan fingerprint density at radius 3 is 2.65 bits per heavy atom. The van der Waals surface area contributed by atoms with E-state index in [9.17, 15) is 4.79 Å². The van der Waals surface area contributed by atoms with Crippen LogP contribution in [0.3, 0.4) is 0 Å². The van der Waals surface area contributed by atoms with E-state index in [1.165, 1.54) is 43.4 Å². The van der Waals surface area contributed by atoms with Crippen LogP contribution < -0.4 is 16.4 Å². The van der Waals surface area contributed by atoms with Crippen LogP contribution in [-0.2, 0) is 0 Å². The minimum Gasteiger partial charge on any atom is -0.382 e. The van der Waals surface area contributed by atoms with E-state index in [0.717, 1.165) is 11.6 Å². The number of amides is 1. The average Bonchev–Trinajstić information content (AvgIpc) is 2.91. The molecule has 110 valence electrons. The Kier molecular flexibility index (Phi) is 3.83. The third-order valence-corrected chi connectivity index (χ3v) is 5.47. The van der Waals surface area contributed by atoms with E-state index in [2.05, 4.69) is 22.5 Å². The standard InChI is InChI=1S/C14H22N4OS/c1-8-4-2-7-10(8)17-13(19)11-12(15)18-14(20-11)16-9-5-3-6-9/h8-10H,2-7,15H2,1H3,(H,16,18)(H,17,19). The number of anilines is 2. The molecule has 0 aliphatic heterocycles. The number of carbonyl (C=O) groups excluding carboxylic acids is 1. The van der Waals surface area contributed by atoms with Crippen molar-refractivity contribution in [3.8, 4) is 0 Å². The van der Waals surface area contributed by atoms with Crippen LogP contribution in [0.1, 0.15) is 55.1 Å². The molecule has 0 spiro atoms. The Balaban J connectivity index is 1.64. The lowest BCUT2D eigenvalue weighted by molar-refractivity contribution is 0.0934. The van der Waals surface area contributed by atoms with Gasteiger partial charge in [-0.1, -0.05) is 24.7 Å². The first-order chi connectivity index (χ1) is 9.63. The maximum absolute atomic E-state index is 12.3. The summed E-state index contributed by atoms with van der Waals surface area (Å²) in [5, 5.41) is 7.22. The zero-order valence-corrected chi connectivity index (χ0v) is 12.6. The number of nitrogens with one attached hydrogen (secondary N) is 2. The summed E-state index contributed by atoms with van der Waals surface area (Å²) in [6, 6.07) is 0.790. The number of hydrogen-bond acceptors (Lipinski definition) is 5. The lowest BCUT2D eigenvalue weighted by Crippen LogP contribution is -2.36. The molecule has 0 radical (unpaired) electrons. The minimum absolute atomic E-state index is 0.0691. The van der Waals surface area contributed by atoms with Gasteiger partial charge in [0, 0.05) is 12.1 Å². The van der Waals surface area contributed by atoms with Crippen molar-refractivity contribution in [2.75, 3.05) is 11.1 Å². The van der Waals surface area contributed by atoms with Crippen LogP contribution in [0.15, 0.2) is 0 Å². The van der Waals surface area contributed by atoms with E-state index < -0.39 is 0 Å². The van der Waals surface area contributed by atoms with Crippen molar-refractivity contribution in [2.24, 2.45) is 5.92 Å². The SMILES string of the molecule is CC1CCCC1NC(=O)c1sc(NC2CCC2)nc1N. The number of aromatic nitrogens is 1. The minimum atomic E-state index is -0.0691. The lowest BCUT2D eigenvalue weighted by atomic mass is 9.93. The Hall–Kier alpha value is -1.30. The highest BCUT2D eigenvalue weighted by Crippen LogP contribution is 2.30. The van der Waals surface area contributed by atoms with Gasteiger partial charge < -0.3 is 16.4 Å². The zero-order valence-electron chi connectivity index (χ0n) is 11.8. The Morgan fingerprint density at radius 2 is 2.05 bits per heavy atom. The Morgan fingerprint density at radius 1 is 1.30 bits per heavy atom. The first-order valence-electron chi connectivity index (χ1n) is 7.47. The van der Waals surface area contributed by atoms with E-state index in [0.29, 0.717) is 22.7 Å². The number of hydrogen-bond donors (Lipinski definition) is 3. The van der Waals surface area contributed by atoms with Crippen molar-refractivity contribution in [1.29, 1.82) is 0 Å². The summed E-state index contributed by atoms with van der Waals surface area (Å²) in [5.41, 5.74) is 5.88. The second-order valence-electron chi connectivity index (χ2n) is 5.99. The van der Waals surface area contributed by atoms with Crippen molar-refractivity contribution >= 4 is 28.2 Å². The smallest absolute Gasteiger partial charge is 0.265 e. The molecule has 2 aliphatic carbocycles. The Bertz CT molecular complexity index is 497. The predicted molar refractivity (Wildman–Crippen MR) is 82.1 cm³/mol. The van der Waals surface area contributed by atoms with Gasteiger partial charge in [0.05, 0.1) is 0 Å². The molecule has 0 bridgehead atoms. The molecule has 6 heteroatoms. The largest absolute Gasteiger partial charge is 0.382 e. The van der Waals surface area contributed by atoms with Crippen LogP contribution in [0.4, 0.5) is 10.9 Å². The van der Waals surface area contributed by atoms with Gasteiger partial charge in [0.15, 0.2) is 5.13 Å². The summed E-state index contributed by atoms with van der Waals surface area (Å²) in [7, 11) is 0. The summed E-state index contributed by atoms with van der Waals surface area (Å²) < 4.78 is 0. The van der Waals surface area contributed by atoms with Crippen molar-refractivity contribution in [2.45, 2.75) is 57.5 Å². The highest BCUT2D eigenvalue weighted by atomic mass is 32.1. The highest BCUT2D eigenvalue weighted by molar-refractivity contribution is 7.18. The fourth-order valence-electron chi connectivity index (χ4n) is 2.88. The van der Waals surface area contributed by atoms with E-state index in [1.807, 2.05) is 0 Å². The summed E-state index contributed by atoms with van der Waals surface area (Å²) >= 11 is 1.37. The highest BCUT2D eigenvalue weighted by Gasteiger charge is 2.27. The van der Waals surface area contributed by atoms with Gasteiger partial charge in [-0.2, -0.15) is 0 Å². The zero-order chi connectivity index (χ0) is 14.1. The summed E-state index contributed by atoms with van der Waals surface area (Å²) in [6.45, 7) is 2.19. The number of nitrogens with two attached hydrogens (primary N) is 1. The van der Waals surface area contributed by atoms with Crippen molar-refractivity contribution < 1.29 is 4.79 Å². The summed E-state index contributed by atoms with van der Waals surface area (Å²) in [5.74, 6) is 0.834. The molecule has 2 saturated carbocycles. The van der Waals surface area contributed by atoms with Gasteiger partial charge in [-0.05, 0) is 38.0 Å². The number of nitrogen functional groups attached to an aromatic ring is 1. The van der Waals surface area contributed by atoms with Gasteiger partial charge in [-0.25, -0.2) is 4.98 Å². The molecule has 0 aromatic carbocycles. The maximum Gasteiger partial charge on any atom is 0.265 e. The van der Waals surface area contributed by atoms with E-state index >= 15 is 0 Å². The normalized spacial score (nSPS) is 26.2. The first kappa shape index (κ1) is 13.7. The van der Waals surface area contributed by atoms with E-state index in [1.54, 1.807) is 0 Å². The molecular weight excluding hydrogens is 272 g/mol. The predicted octanol–water partition coefficient (Wildman–Crippen LogP) is 2.61. The number of nitrogens with zero attached hydrogens (tertiary/aromatic N) is 1. The second kappa shape index (κ2) is 5.60. The van der Waals surface area contributed by atoms with Gasteiger partial charge in [0.25, 0.3) is 5.91 Å². The first-order valence-corrected chi connectivity index (χ1v) is 8.29. The van der Waals surface area contributed by atoms with Crippen molar-refractivity contribution in [1.82, 2.24) is 10.3 Å². The average molecular weight is 294 g/mol. The molecule has 2 aliphatic rings. The number of rotatable bonds is 4. The molecule has 3 rings (SSSR count). The van der Waals surface area contributed by atoms with Gasteiger partial charge in [-0.15, -0.1) is 0 Å². The molecule has 1 aromatic heterocycles. The van der Waals surface area contributed by atoms with Gasteiger partial charge in [0.2, 0.25) is 0 Å². The van der Waals surface area contributed by atoms with Crippen LogP contribution >= 0.6 is 11.3 Å². The van der Waals surface area contributed by atoms with Crippen molar-refractivity contribution in [3.63, 3.8) is 0 Å². The molecule has 2 unspecified atom stereocenters. The number of thiazole rings is 1. The molecule has 20 heavy (non-hydrogen) atoms. The molecule has 4 N–H and O–H groups in total. The molecular formula is C14H22N4OS.